The number of amides is 1. The maximum Gasteiger partial charge on any atom is 0.228 e. The smallest absolute Gasteiger partial charge is 0.228 e. The van der Waals surface area contributed by atoms with Gasteiger partial charge in [0.25, 0.3) is 0 Å². The van der Waals surface area contributed by atoms with Crippen molar-refractivity contribution in [2.75, 3.05) is 18.4 Å². The first-order valence-electron chi connectivity index (χ1n) is 9.75. The molecule has 27 heavy (non-hydrogen) atoms. The lowest BCUT2D eigenvalue weighted by molar-refractivity contribution is -0.121. The van der Waals surface area contributed by atoms with Crippen molar-refractivity contribution in [2.24, 2.45) is 5.92 Å². The molecule has 3 nitrogen and oxygen atoms in total. The normalized spacial score (nSPS) is 17.7. The second-order valence-corrected chi connectivity index (χ2v) is 7.55. The molecule has 3 aromatic rings. The molecule has 1 aliphatic heterocycles. The monoisotopic (exact) mass is 358 g/mol. The summed E-state index contributed by atoms with van der Waals surface area (Å²) in [6.07, 6.45) is 2.03. The van der Waals surface area contributed by atoms with Gasteiger partial charge in [-0.05, 0) is 60.3 Å². The molecule has 1 heterocycles. The van der Waals surface area contributed by atoms with Crippen LogP contribution in [0.1, 0.15) is 24.0 Å². The molecular weight excluding hydrogens is 332 g/mol. The van der Waals surface area contributed by atoms with Gasteiger partial charge in [-0.15, -0.1) is 0 Å². The lowest BCUT2D eigenvalue weighted by Crippen LogP contribution is -2.40. The fourth-order valence-electron chi connectivity index (χ4n) is 3.95. The number of nitrogens with zero attached hydrogens (tertiary/aromatic N) is 1. The van der Waals surface area contributed by atoms with E-state index in [0.29, 0.717) is 0 Å². The molecule has 1 amide bonds. The van der Waals surface area contributed by atoms with Gasteiger partial charge < -0.3 is 5.32 Å². The van der Waals surface area contributed by atoms with Crippen molar-refractivity contribution < 1.29 is 4.79 Å². The molecule has 138 valence electrons. The number of piperidine rings is 1. The van der Waals surface area contributed by atoms with Crippen LogP contribution in [0.3, 0.4) is 0 Å². The number of rotatable bonds is 4. The van der Waals surface area contributed by atoms with E-state index in [1.54, 1.807) is 0 Å². The van der Waals surface area contributed by atoms with Crippen LogP contribution in [0.4, 0.5) is 5.69 Å². The number of carbonyl (C=O) groups excluding carboxylic acids is 1. The van der Waals surface area contributed by atoms with Gasteiger partial charge in [0.05, 0.1) is 5.92 Å². The third-order valence-corrected chi connectivity index (χ3v) is 5.55. The molecule has 0 aliphatic carbocycles. The van der Waals surface area contributed by atoms with Crippen LogP contribution < -0.4 is 5.32 Å². The van der Waals surface area contributed by atoms with Gasteiger partial charge in [-0.1, -0.05) is 54.6 Å². The number of likely N-dealkylation sites (tertiary alicyclic amines) is 1. The molecule has 3 aromatic carbocycles. The zero-order valence-electron chi connectivity index (χ0n) is 15.8. The van der Waals surface area contributed by atoms with Crippen molar-refractivity contribution in [2.45, 2.75) is 26.3 Å². The van der Waals surface area contributed by atoms with Crippen LogP contribution in [0, 0.1) is 12.8 Å². The molecule has 0 saturated carbocycles. The Bertz CT molecular complexity index is 950. The first-order valence-corrected chi connectivity index (χ1v) is 9.75. The SMILES string of the molecule is Cc1ccccc1CN1CCCC(C(=O)Nc2ccc3ccccc3c2)C1. The van der Waals surface area contributed by atoms with Gasteiger partial charge in [0, 0.05) is 18.8 Å². The Morgan fingerprint density at radius 2 is 1.81 bits per heavy atom. The maximum atomic E-state index is 12.8. The lowest BCUT2D eigenvalue weighted by Gasteiger charge is -2.32. The molecule has 0 spiro atoms. The van der Waals surface area contributed by atoms with E-state index in [0.717, 1.165) is 43.5 Å². The summed E-state index contributed by atoms with van der Waals surface area (Å²) in [6.45, 7) is 4.97. The predicted octanol–water partition coefficient (Wildman–Crippen LogP) is 5.00. The third kappa shape index (κ3) is 4.20. The van der Waals surface area contributed by atoms with Crippen LogP contribution in [0.25, 0.3) is 10.8 Å². The topological polar surface area (TPSA) is 32.3 Å². The van der Waals surface area contributed by atoms with Crippen LogP contribution in [0.2, 0.25) is 0 Å². The van der Waals surface area contributed by atoms with Crippen LogP contribution >= 0.6 is 0 Å². The van der Waals surface area contributed by atoms with Crippen LogP contribution in [0.15, 0.2) is 66.7 Å². The first kappa shape index (κ1) is 17.7. The summed E-state index contributed by atoms with van der Waals surface area (Å²) in [6, 6.07) is 22.9. The highest BCUT2D eigenvalue weighted by Crippen LogP contribution is 2.23. The summed E-state index contributed by atoms with van der Waals surface area (Å²) in [5.74, 6) is 0.189. The molecule has 1 saturated heterocycles. The molecule has 0 aromatic heterocycles. The zero-order valence-corrected chi connectivity index (χ0v) is 15.8. The van der Waals surface area contributed by atoms with E-state index in [1.807, 2.05) is 18.2 Å². The van der Waals surface area contributed by atoms with Crippen LogP contribution in [-0.4, -0.2) is 23.9 Å². The van der Waals surface area contributed by atoms with E-state index < -0.39 is 0 Å². The summed E-state index contributed by atoms with van der Waals surface area (Å²) in [5.41, 5.74) is 3.56. The molecular formula is C24H26N2O. The van der Waals surface area contributed by atoms with Gasteiger partial charge >= 0.3 is 0 Å². The Balaban J connectivity index is 1.41. The number of benzene rings is 3. The summed E-state index contributed by atoms with van der Waals surface area (Å²) >= 11 is 0. The molecule has 3 heteroatoms. The highest BCUT2D eigenvalue weighted by molar-refractivity contribution is 5.95. The maximum absolute atomic E-state index is 12.8. The molecule has 4 rings (SSSR count). The molecule has 1 aliphatic rings. The number of anilines is 1. The molecule has 0 radical (unpaired) electrons. The summed E-state index contributed by atoms with van der Waals surface area (Å²) in [4.78, 5) is 15.2. The van der Waals surface area contributed by atoms with E-state index in [2.05, 4.69) is 65.7 Å². The minimum absolute atomic E-state index is 0.0502. The van der Waals surface area contributed by atoms with Gasteiger partial charge in [0.1, 0.15) is 0 Å². The number of nitrogens with one attached hydrogen (secondary N) is 1. The Hall–Kier alpha value is -2.65. The molecule has 0 bridgehead atoms. The van der Waals surface area contributed by atoms with Gasteiger partial charge in [0.15, 0.2) is 0 Å². The molecule has 1 unspecified atom stereocenters. The minimum Gasteiger partial charge on any atom is -0.326 e. The number of carbonyl (C=O) groups is 1. The van der Waals surface area contributed by atoms with E-state index in [9.17, 15) is 4.79 Å². The van der Waals surface area contributed by atoms with Gasteiger partial charge in [-0.2, -0.15) is 0 Å². The fourth-order valence-corrected chi connectivity index (χ4v) is 3.95. The number of hydrogen-bond acceptors (Lipinski definition) is 2. The first-order chi connectivity index (χ1) is 13.2. The molecule has 1 fully saturated rings. The summed E-state index contributed by atoms with van der Waals surface area (Å²) in [7, 11) is 0. The van der Waals surface area contributed by atoms with E-state index in [4.69, 9.17) is 0 Å². The largest absolute Gasteiger partial charge is 0.326 e. The van der Waals surface area contributed by atoms with Crippen LogP contribution in [-0.2, 0) is 11.3 Å². The highest BCUT2D eigenvalue weighted by atomic mass is 16.1. The van der Waals surface area contributed by atoms with Crippen molar-refractivity contribution in [3.05, 3.63) is 77.9 Å². The van der Waals surface area contributed by atoms with Gasteiger partial charge in [-0.25, -0.2) is 0 Å². The number of fused-ring (bicyclic) bond motifs is 1. The Kier molecular flexibility index (Phi) is 5.21. The van der Waals surface area contributed by atoms with Crippen LogP contribution in [0.5, 0.6) is 0 Å². The zero-order chi connectivity index (χ0) is 18.6. The summed E-state index contributed by atoms with van der Waals surface area (Å²) < 4.78 is 0. The van der Waals surface area contributed by atoms with Crippen molar-refractivity contribution in [1.82, 2.24) is 4.90 Å². The average Bonchev–Trinajstić information content (AvgIpc) is 2.70. The Morgan fingerprint density at radius 1 is 1.04 bits per heavy atom. The predicted molar refractivity (Wildman–Crippen MR) is 112 cm³/mol. The number of aryl methyl sites for hydroxylation is 1. The molecule has 1 atom stereocenters. The quantitative estimate of drug-likeness (QED) is 0.712. The van der Waals surface area contributed by atoms with Crippen molar-refractivity contribution >= 4 is 22.4 Å². The van der Waals surface area contributed by atoms with Gasteiger partial charge in [0.2, 0.25) is 5.91 Å². The molecule has 1 N–H and O–H groups in total. The second-order valence-electron chi connectivity index (χ2n) is 7.55. The lowest BCUT2D eigenvalue weighted by atomic mass is 9.96. The van der Waals surface area contributed by atoms with Crippen molar-refractivity contribution in [3.8, 4) is 0 Å². The minimum atomic E-state index is 0.0502. The Labute approximate surface area is 161 Å². The average molecular weight is 358 g/mol. The van der Waals surface area contributed by atoms with Crippen molar-refractivity contribution in [3.63, 3.8) is 0 Å². The van der Waals surface area contributed by atoms with Gasteiger partial charge in [-0.3, -0.25) is 9.69 Å². The van der Waals surface area contributed by atoms with E-state index in [1.165, 1.54) is 16.5 Å². The highest BCUT2D eigenvalue weighted by Gasteiger charge is 2.26. The van der Waals surface area contributed by atoms with E-state index >= 15 is 0 Å². The van der Waals surface area contributed by atoms with Crippen molar-refractivity contribution in [1.29, 1.82) is 0 Å². The number of hydrogen-bond donors (Lipinski definition) is 1. The van der Waals surface area contributed by atoms with E-state index in [-0.39, 0.29) is 11.8 Å². The Morgan fingerprint density at radius 3 is 2.67 bits per heavy atom. The fraction of sp³-hybridized carbons (Fsp3) is 0.292. The standard InChI is InChI=1S/C24H26N2O/c1-18-7-2-3-10-21(18)16-26-14-6-11-22(17-26)24(27)25-23-13-12-19-8-4-5-9-20(19)15-23/h2-5,7-10,12-13,15,22H,6,11,14,16-17H2,1H3,(H,25,27). The second kappa shape index (κ2) is 7.93. The third-order valence-electron chi connectivity index (χ3n) is 5.55. The summed E-state index contributed by atoms with van der Waals surface area (Å²) in [5, 5.41) is 5.48.